The van der Waals surface area contributed by atoms with Crippen LogP contribution in [-0.2, 0) is 24.7 Å². The van der Waals surface area contributed by atoms with Gasteiger partial charge in [-0.05, 0) is 5.56 Å². The van der Waals surface area contributed by atoms with Gasteiger partial charge in [0.05, 0.1) is 18.4 Å². The SMILES string of the molecule is CN1C(=O)C2C(CO)N(CCC(N)=O)C(C(=O)O)(c3ccc(C(=N)N)cc3)C2C1=O. The number of aliphatic hydroxyl groups excluding tert-OH is 1. The predicted octanol–water partition coefficient (Wildman–Crippen LogP) is -1.97. The van der Waals surface area contributed by atoms with Crippen molar-refractivity contribution in [3.63, 3.8) is 0 Å². The Kier molecular flexibility index (Phi) is 5.35. The summed E-state index contributed by atoms with van der Waals surface area (Å²) in [5.74, 6) is -5.97. The first-order valence-corrected chi connectivity index (χ1v) is 9.24. The molecule has 0 saturated carbocycles. The Labute approximate surface area is 171 Å². The van der Waals surface area contributed by atoms with E-state index in [1.165, 1.54) is 36.2 Å². The van der Waals surface area contributed by atoms with Gasteiger partial charge in [-0.1, -0.05) is 24.3 Å². The molecule has 4 unspecified atom stereocenters. The van der Waals surface area contributed by atoms with Crippen molar-refractivity contribution in [2.24, 2.45) is 23.3 Å². The van der Waals surface area contributed by atoms with Gasteiger partial charge in [0.2, 0.25) is 17.7 Å². The summed E-state index contributed by atoms with van der Waals surface area (Å²) < 4.78 is 0. The first-order valence-electron chi connectivity index (χ1n) is 9.24. The number of hydrogen-bond donors (Lipinski definition) is 5. The minimum Gasteiger partial charge on any atom is -0.480 e. The zero-order valence-corrected chi connectivity index (χ0v) is 16.2. The van der Waals surface area contributed by atoms with Crippen LogP contribution in [0.4, 0.5) is 0 Å². The van der Waals surface area contributed by atoms with Gasteiger partial charge in [-0.3, -0.25) is 29.6 Å². The number of benzene rings is 1. The summed E-state index contributed by atoms with van der Waals surface area (Å²) in [7, 11) is 1.27. The third-order valence-electron chi connectivity index (χ3n) is 6.04. The molecule has 30 heavy (non-hydrogen) atoms. The fourth-order valence-electron chi connectivity index (χ4n) is 4.71. The summed E-state index contributed by atoms with van der Waals surface area (Å²) in [6.45, 7) is -0.758. The van der Waals surface area contributed by atoms with Crippen LogP contribution >= 0.6 is 0 Å². The summed E-state index contributed by atoms with van der Waals surface area (Å²) in [5.41, 5.74) is 9.23. The molecule has 2 fully saturated rings. The van der Waals surface area contributed by atoms with Crippen LogP contribution in [0.3, 0.4) is 0 Å². The maximum Gasteiger partial charge on any atom is 0.329 e. The maximum atomic E-state index is 13.0. The molecule has 11 heteroatoms. The van der Waals surface area contributed by atoms with Crippen molar-refractivity contribution in [3.8, 4) is 0 Å². The molecule has 2 heterocycles. The Morgan fingerprint density at radius 2 is 1.77 bits per heavy atom. The molecule has 3 amide bonds. The molecule has 1 aromatic carbocycles. The number of carbonyl (C=O) groups is 4. The summed E-state index contributed by atoms with van der Waals surface area (Å²) >= 11 is 0. The van der Waals surface area contributed by atoms with Crippen LogP contribution in [0.2, 0.25) is 0 Å². The molecule has 2 aliphatic rings. The van der Waals surface area contributed by atoms with E-state index in [1.807, 2.05) is 0 Å². The number of carboxylic acids is 1. The van der Waals surface area contributed by atoms with Crippen molar-refractivity contribution in [1.29, 1.82) is 5.41 Å². The Morgan fingerprint density at radius 3 is 2.23 bits per heavy atom. The lowest BCUT2D eigenvalue weighted by atomic mass is 9.75. The van der Waals surface area contributed by atoms with E-state index >= 15 is 0 Å². The van der Waals surface area contributed by atoms with Gasteiger partial charge in [-0.15, -0.1) is 0 Å². The van der Waals surface area contributed by atoms with E-state index in [0.29, 0.717) is 5.56 Å². The first-order chi connectivity index (χ1) is 14.1. The summed E-state index contributed by atoms with van der Waals surface area (Å²) in [5, 5.41) is 28.0. The minimum absolute atomic E-state index is 0.168. The van der Waals surface area contributed by atoms with Crippen molar-refractivity contribution in [3.05, 3.63) is 35.4 Å². The number of likely N-dealkylation sites (tertiary alicyclic amines) is 2. The zero-order chi connectivity index (χ0) is 22.4. The van der Waals surface area contributed by atoms with E-state index in [-0.39, 0.29) is 24.4 Å². The van der Waals surface area contributed by atoms with Gasteiger partial charge >= 0.3 is 5.97 Å². The number of nitrogens with zero attached hydrogens (tertiary/aromatic N) is 2. The van der Waals surface area contributed by atoms with Gasteiger partial charge in [0.25, 0.3) is 0 Å². The number of aliphatic carboxylic acids is 1. The van der Waals surface area contributed by atoms with Crippen LogP contribution in [0.1, 0.15) is 17.5 Å². The molecule has 160 valence electrons. The third-order valence-corrected chi connectivity index (χ3v) is 6.04. The Balaban J connectivity index is 2.26. The van der Waals surface area contributed by atoms with Crippen molar-refractivity contribution in [1.82, 2.24) is 9.80 Å². The number of primary amides is 1. The molecule has 0 radical (unpaired) electrons. The van der Waals surface area contributed by atoms with Crippen molar-refractivity contribution in [2.75, 3.05) is 20.2 Å². The average molecular weight is 417 g/mol. The Hall–Kier alpha value is -3.31. The monoisotopic (exact) mass is 417 g/mol. The van der Waals surface area contributed by atoms with E-state index in [0.717, 1.165) is 4.90 Å². The lowest BCUT2D eigenvalue weighted by Gasteiger charge is -2.40. The lowest BCUT2D eigenvalue weighted by molar-refractivity contribution is -0.159. The molecule has 2 saturated heterocycles. The van der Waals surface area contributed by atoms with Gasteiger partial charge in [0.15, 0.2) is 5.54 Å². The number of carboxylic acid groups (broad SMARTS) is 1. The number of carbonyl (C=O) groups excluding carboxylic acids is 3. The number of nitrogens with one attached hydrogen (secondary N) is 1. The van der Waals surface area contributed by atoms with Crippen LogP contribution in [0, 0.1) is 17.2 Å². The number of amidine groups is 1. The van der Waals surface area contributed by atoms with Gasteiger partial charge in [0.1, 0.15) is 5.84 Å². The van der Waals surface area contributed by atoms with Crippen molar-refractivity contribution in [2.45, 2.75) is 18.0 Å². The molecular weight excluding hydrogens is 394 g/mol. The van der Waals surface area contributed by atoms with E-state index in [9.17, 15) is 29.4 Å². The summed E-state index contributed by atoms with van der Waals surface area (Å²) in [4.78, 5) is 52.2. The molecule has 0 aromatic heterocycles. The summed E-state index contributed by atoms with van der Waals surface area (Å²) in [6.07, 6.45) is -0.227. The van der Waals surface area contributed by atoms with E-state index in [1.54, 1.807) is 0 Å². The van der Waals surface area contributed by atoms with Crippen LogP contribution in [0.5, 0.6) is 0 Å². The zero-order valence-electron chi connectivity index (χ0n) is 16.2. The van der Waals surface area contributed by atoms with Gasteiger partial charge < -0.3 is 21.7 Å². The number of imide groups is 1. The maximum absolute atomic E-state index is 13.0. The first kappa shape index (κ1) is 21.4. The molecule has 1 aromatic rings. The lowest BCUT2D eigenvalue weighted by Crippen LogP contribution is -2.57. The highest BCUT2D eigenvalue weighted by Crippen LogP contribution is 2.53. The number of rotatable bonds is 7. The average Bonchev–Trinajstić information content (AvgIpc) is 3.12. The second-order valence-electron chi connectivity index (χ2n) is 7.46. The number of nitrogens with two attached hydrogens (primary N) is 2. The molecule has 2 aliphatic heterocycles. The molecular formula is C19H23N5O6. The molecule has 4 atom stereocenters. The van der Waals surface area contributed by atoms with Crippen LogP contribution in [-0.4, -0.2) is 75.8 Å². The highest BCUT2D eigenvalue weighted by molar-refractivity contribution is 6.09. The number of nitrogen functional groups attached to an aromatic ring is 1. The quantitative estimate of drug-likeness (QED) is 0.192. The Morgan fingerprint density at radius 1 is 1.17 bits per heavy atom. The van der Waals surface area contributed by atoms with Gasteiger partial charge in [-0.2, -0.15) is 0 Å². The molecule has 0 bridgehead atoms. The van der Waals surface area contributed by atoms with Crippen molar-refractivity contribution < 1.29 is 29.4 Å². The largest absolute Gasteiger partial charge is 0.480 e. The molecule has 7 N–H and O–H groups in total. The number of hydrogen-bond acceptors (Lipinski definition) is 7. The van der Waals surface area contributed by atoms with E-state index in [4.69, 9.17) is 16.9 Å². The number of fused-ring (bicyclic) bond motifs is 1. The van der Waals surface area contributed by atoms with Gasteiger partial charge in [0, 0.05) is 31.6 Å². The number of amides is 3. The Bertz CT molecular complexity index is 932. The fourth-order valence-corrected chi connectivity index (χ4v) is 4.71. The second-order valence-corrected chi connectivity index (χ2v) is 7.46. The third kappa shape index (κ3) is 2.85. The van der Waals surface area contributed by atoms with Crippen LogP contribution in [0.25, 0.3) is 0 Å². The predicted molar refractivity (Wildman–Crippen MR) is 103 cm³/mol. The standard InChI is InChI=1S/C19H23N5O6/c1-23-16(27)13-11(8-25)24(7-6-12(20)26)19(18(29)30,14(13)17(23)28)10-4-2-9(3-5-10)15(21)22/h2-5,11,13-14,25H,6-8H2,1H3,(H2,20,26)(H3,21,22)(H,29,30). The van der Waals surface area contributed by atoms with Gasteiger partial charge in [-0.25, -0.2) is 4.79 Å². The smallest absolute Gasteiger partial charge is 0.329 e. The molecule has 11 nitrogen and oxygen atoms in total. The normalized spacial score (nSPS) is 28.6. The highest BCUT2D eigenvalue weighted by atomic mass is 16.4. The molecule has 0 aliphatic carbocycles. The fraction of sp³-hybridized carbons (Fsp3) is 0.421. The molecule has 3 rings (SSSR count). The topological polar surface area (TPSA) is 191 Å². The highest BCUT2D eigenvalue weighted by Gasteiger charge is 2.71. The minimum atomic E-state index is -2.01. The van der Waals surface area contributed by atoms with Crippen LogP contribution < -0.4 is 11.5 Å². The van der Waals surface area contributed by atoms with Crippen LogP contribution in [0.15, 0.2) is 24.3 Å². The van der Waals surface area contributed by atoms with E-state index < -0.39 is 53.7 Å². The van der Waals surface area contributed by atoms with E-state index in [2.05, 4.69) is 0 Å². The molecule has 0 spiro atoms. The van der Waals surface area contributed by atoms with Crippen molar-refractivity contribution >= 4 is 29.5 Å². The summed E-state index contributed by atoms with van der Waals surface area (Å²) in [6, 6.07) is 4.74. The second kappa shape index (κ2) is 7.50. The number of aliphatic hydroxyl groups is 1.